The van der Waals surface area contributed by atoms with Crippen molar-refractivity contribution < 1.29 is 56.2 Å². The first-order valence-corrected chi connectivity index (χ1v) is 4.23. The summed E-state index contributed by atoms with van der Waals surface area (Å²) >= 11 is 5.99. The Labute approximate surface area is 129 Å². The van der Waals surface area contributed by atoms with E-state index in [0.29, 0.717) is 8.96 Å². The summed E-state index contributed by atoms with van der Waals surface area (Å²) in [4.78, 5) is 11.0. The fourth-order valence-electron chi connectivity index (χ4n) is 0.599. The second-order valence-electron chi connectivity index (χ2n) is 1.83. The van der Waals surface area contributed by atoms with Crippen LogP contribution in [-0.4, -0.2) is 11.5 Å². The van der Waals surface area contributed by atoms with Crippen molar-refractivity contribution in [1.29, 1.82) is 0 Å². The van der Waals surface area contributed by atoms with Gasteiger partial charge in [-0.1, -0.05) is 0 Å². The third-order valence-corrected chi connectivity index (χ3v) is 2.27. The largest absolute Gasteiger partial charge is 1.00 e. The Balaban J connectivity index is 0.00000121. The Bertz CT molecular complexity index is 272. The van der Waals surface area contributed by atoms with Crippen LogP contribution in [-0.2, 0) is 4.79 Å². The van der Waals surface area contributed by atoms with Gasteiger partial charge in [0.05, 0.1) is 14.7 Å². The van der Waals surface area contributed by atoms with Crippen LogP contribution in [0, 0.1) is 5.21 Å². The number of hydrogen-bond acceptors (Lipinski definition) is 3. The van der Waals surface area contributed by atoms with Crippen LogP contribution >= 0.6 is 31.9 Å². The molecule has 0 radical (unpaired) electrons. The molecule has 0 aliphatic heterocycles. The average Bonchev–Trinajstić information content (AvgIpc) is 1.99. The zero-order chi connectivity index (χ0) is 8.43. The van der Waals surface area contributed by atoms with E-state index in [1.165, 1.54) is 12.2 Å². The van der Waals surface area contributed by atoms with Gasteiger partial charge >= 0.3 is 51.4 Å². The number of halogens is 2. The Morgan fingerprint density at radius 3 is 2.00 bits per heavy atom. The van der Waals surface area contributed by atoms with Crippen molar-refractivity contribution in [2.24, 2.45) is 5.16 Å². The van der Waals surface area contributed by atoms with Crippen molar-refractivity contribution in [3.8, 4) is 0 Å². The monoisotopic (exact) mass is 317 g/mol. The van der Waals surface area contributed by atoms with Gasteiger partial charge in [-0.15, -0.1) is 0 Å². The molecule has 0 aromatic heterocycles. The second-order valence-corrected chi connectivity index (χ2v) is 3.54. The molecule has 0 aromatic carbocycles. The molecule has 0 saturated heterocycles. The first-order chi connectivity index (χ1) is 5.15. The van der Waals surface area contributed by atoms with Gasteiger partial charge in [0.1, 0.15) is 0 Å². The van der Waals surface area contributed by atoms with Crippen LogP contribution in [0.2, 0.25) is 0 Å². The van der Waals surface area contributed by atoms with Crippen LogP contribution in [0.15, 0.2) is 26.3 Å². The van der Waals surface area contributed by atoms with E-state index in [1.54, 1.807) is 0 Å². The standard InChI is InChI=1S/C6H3Br2NO2.K/c7-4-1-3(9-11)2-5(8)6(4)10;/h1-2,11H;/q;+1/p-1. The predicted octanol–water partition coefficient (Wildman–Crippen LogP) is -0.930. The minimum absolute atomic E-state index is 0. The number of ketones is 1. The van der Waals surface area contributed by atoms with Gasteiger partial charge < -0.3 is 10.4 Å². The quantitative estimate of drug-likeness (QED) is 0.329. The summed E-state index contributed by atoms with van der Waals surface area (Å²) in [5, 5.41) is 12.7. The molecule has 0 amide bonds. The molecule has 0 fully saturated rings. The van der Waals surface area contributed by atoms with E-state index in [9.17, 15) is 10.0 Å². The molecule has 0 aromatic rings. The summed E-state index contributed by atoms with van der Waals surface area (Å²) in [6.45, 7) is 0. The Kier molecular flexibility index (Phi) is 6.44. The van der Waals surface area contributed by atoms with Crippen molar-refractivity contribution in [3.63, 3.8) is 0 Å². The maximum absolute atomic E-state index is 11.0. The SMILES string of the molecule is O=C1C(Br)=CC(=N[O-])C=C1Br.[K+]. The minimum Gasteiger partial charge on any atom is -0.792 e. The van der Waals surface area contributed by atoms with Crippen molar-refractivity contribution in [3.05, 3.63) is 26.3 Å². The molecule has 0 saturated carbocycles. The van der Waals surface area contributed by atoms with E-state index >= 15 is 0 Å². The minimum atomic E-state index is -0.183. The molecule has 0 atom stereocenters. The van der Waals surface area contributed by atoms with Crippen LogP contribution in [0.5, 0.6) is 0 Å². The first-order valence-electron chi connectivity index (χ1n) is 2.64. The number of hydrogen-bond donors (Lipinski definition) is 0. The van der Waals surface area contributed by atoms with E-state index in [1.807, 2.05) is 0 Å². The topological polar surface area (TPSA) is 52.5 Å². The molecular formula is C6H2Br2KNO2. The summed E-state index contributed by atoms with van der Waals surface area (Å²) in [7, 11) is 0. The van der Waals surface area contributed by atoms with E-state index in [2.05, 4.69) is 37.0 Å². The molecule has 0 unspecified atom stereocenters. The van der Waals surface area contributed by atoms with Crippen molar-refractivity contribution in [2.75, 3.05) is 0 Å². The summed E-state index contributed by atoms with van der Waals surface area (Å²) in [6.07, 6.45) is 2.75. The van der Waals surface area contributed by atoms with Crippen LogP contribution < -0.4 is 51.4 Å². The molecule has 1 aliphatic rings. The number of nitrogens with zero attached hydrogens (tertiary/aromatic N) is 1. The molecule has 0 heterocycles. The van der Waals surface area contributed by atoms with Crippen LogP contribution in [0.3, 0.4) is 0 Å². The number of carbonyl (C=O) groups is 1. The average molecular weight is 319 g/mol. The first kappa shape index (κ1) is 13.2. The van der Waals surface area contributed by atoms with Crippen molar-refractivity contribution >= 4 is 43.4 Å². The number of carbonyl (C=O) groups excluding carboxylic acids is 1. The summed E-state index contributed by atoms with van der Waals surface area (Å²) in [5.41, 5.74) is 0.225. The molecule has 58 valence electrons. The molecule has 12 heavy (non-hydrogen) atoms. The van der Waals surface area contributed by atoms with Gasteiger partial charge in [0.2, 0.25) is 5.78 Å². The summed E-state index contributed by atoms with van der Waals surface area (Å²) in [6, 6.07) is 0. The van der Waals surface area contributed by atoms with E-state index in [0.717, 1.165) is 0 Å². The van der Waals surface area contributed by atoms with Gasteiger partial charge in [0.25, 0.3) is 0 Å². The molecule has 6 heteroatoms. The Hall–Kier alpha value is 1.22. The third-order valence-electron chi connectivity index (χ3n) is 1.09. The maximum Gasteiger partial charge on any atom is 1.00 e. The molecule has 3 nitrogen and oxygen atoms in total. The van der Waals surface area contributed by atoms with Gasteiger partial charge in [-0.3, -0.25) is 4.79 Å². The van der Waals surface area contributed by atoms with Crippen molar-refractivity contribution in [2.45, 2.75) is 0 Å². The van der Waals surface area contributed by atoms with Crippen LogP contribution in [0.25, 0.3) is 0 Å². The Morgan fingerprint density at radius 2 is 1.67 bits per heavy atom. The normalized spacial score (nSPS) is 16.2. The second kappa shape index (κ2) is 5.84. The zero-order valence-corrected chi connectivity index (χ0v) is 12.5. The predicted molar refractivity (Wildman–Crippen MR) is 49.8 cm³/mol. The van der Waals surface area contributed by atoms with E-state index < -0.39 is 0 Å². The smallest absolute Gasteiger partial charge is 0.792 e. The number of rotatable bonds is 0. The van der Waals surface area contributed by atoms with Gasteiger partial charge in [-0.2, -0.15) is 0 Å². The molecule has 1 rings (SSSR count). The zero-order valence-electron chi connectivity index (χ0n) is 6.17. The molecule has 0 N–H and O–H groups in total. The van der Waals surface area contributed by atoms with E-state index in [4.69, 9.17) is 0 Å². The fourth-order valence-corrected chi connectivity index (χ4v) is 1.76. The third kappa shape index (κ3) is 3.17. The van der Waals surface area contributed by atoms with Gasteiger partial charge in [0, 0.05) is 0 Å². The molecule has 0 bridgehead atoms. The Morgan fingerprint density at radius 1 is 1.25 bits per heavy atom. The fraction of sp³-hybridized carbons (Fsp3) is 0. The molecular weight excluding hydrogens is 317 g/mol. The maximum atomic E-state index is 11.0. The number of allylic oxidation sites excluding steroid dienone is 4. The van der Waals surface area contributed by atoms with Gasteiger partial charge in [-0.25, -0.2) is 0 Å². The molecule has 1 aliphatic carbocycles. The van der Waals surface area contributed by atoms with E-state index in [-0.39, 0.29) is 62.9 Å². The number of Topliss-reactive ketones (excluding diaryl/α,β-unsaturated/α-hetero) is 1. The summed E-state index contributed by atoms with van der Waals surface area (Å²) < 4.78 is 0.669. The van der Waals surface area contributed by atoms with Crippen LogP contribution in [0.1, 0.15) is 0 Å². The van der Waals surface area contributed by atoms with Crippen LogP contribution in [0.4, 0.5) is 0 Å². The van der Waals surface area contributed by atoms with Gasteiger partial charge in [0.15, 0.2) is 0 Å². The van der Waals surface area contributed by atoms with Gasteiger partial charge in [-0.05, 0) is 44.0 Å². The summed E-state index contributed by atoms with van der Waals surface area (Å²) in [5.74, 6) is -0.183. The van der Waals surface area contributed by atoms with Crippen molar-refractivity contribution in [1.82, 2.24) is 0 Å². The molecule has 0 spiro atoms.